The Morgan fingerprint density at radius 3 is 2.39 bits per heavy atom. The monoisotopic (exact) mass is 540 g/mol. The van der Waals surface area contributed by atoms with Crippen molar-refractivity contribution in [3.63, 3.8) is 0 Å². The van der Waals surface area contributed by atoms with Gasteiger partial charge in [0, 0.05) is 42.7 Å². The quantitative estimate of drug-likeness (QED) is 0.210. The highest BCUT2D eigenvalue weighted by Gasteiger charge is 2.27. The Morgan fingerprint density at radius 2 is 1.74 bits per heavy atom. The standard InChI is InChI=1S/C25H25ClN6O6/c1-3-37-20-12-16-18(13-21(20)38-4-2)27-24(26)28-22(16)30-9-7-14(8-10-30)31-19-6-5-15(32(35)36)11-17(19)23(33)29-25(31)34/h5-6,11-14H,3-4,7-10H2,1-2H3,(H,29,33,34). The van der Waals surface area contributed by atoms with Crippen LogP contribution in [0, 0.1) is 10.1 Å². The molecule has 0 radical (unpaired) electrons. The van der Waals surface area contributed by atoms with E-state index < -0.39 is 16.2 Å². The van der Waals surface area contributed by atoms with Crippen LogP contribution >= 0.6 is 11.6 Å². The lowest BCUT2D eigenvalue weighted by molar-refractivity contribution is -0.384. The van der Waals surface area contributed by atoms with Gasteiger partial charge in [-0.3, -0.25) is 24.5 Å². The number of hydrogen-bond donors (Lipinski definition) is 1. The molecule has 0 spiro atoms. The molecule has 1 fully saturated rings. The Labute approximate surface area is 220 Å². The Kier molecular flexibility index (Phi) is 6.89. The van der Waals surface area contributed by atoms with Crippen LogP contribution in [0.15, 0.2) is 39.9 Å². The van der Waals surface area contributed by atoms with E-state index in [2.05, 4.69) is 19.9 Å². The third-order valence-electron chi connectivity index (χ3n) is 6.58. The summed E-state index contributed by atoms with van der Waals surface area (Å²) in [6.07, 6.45) is 1.13. The summed E-state index contributed by atoms with van der Waals surface area (Å²) in [5, 5.41) is 12.2. The minimum atomic E-state index is -0.652. The predicted molar refractivity (Wildman–Crippen MR) is 143 cm³/mol. The van der Waals surface area contributed by atoms with Crippen LogP contribution in [-0.4, -0.2) is 50.7 Å². The molecule has 0 bridgehead atoms. The lowest BCUT2D eigenvalue weighted by Crippen LogP contribution is -2.40. The second-order valence-corrected chi connectivity index (χ2v) is 9.14. The summed E-state index contributed by atoms with van der Waals surface area (Å²) in [4.78, 5) is 49.1. The maximum Gasteiger partial charge on any atom is 0.329 e. The van der Waals surface area contributed by atoms with Crippen LogP contribution in [0.5, 0.6) is 11.5 Å². The van der Waals surface area contributed by atoms with Crippen molar-refractivity contribution in [3.05, 3.63) is 66.6 Å². The van der Waals surface area contributed by atoms with E-state index in [1.165, 1.54) is 22.8 Å². The van der Waals surface area contributed by atoms with E-state index in [-0.39, 0.29) is 22.4 Å². The number of ether oxygens (including phenoxy) is 2. The van der Waals surface area contributed by atoms with Crippen LogP contribution in [0.4, 0.5) is 11.5 Å². The summed E-state index contributed by atoms with van der Waals surface area (Å²) >= 11 is 6.29. The first-order chi connectivity index (χ1) is 18.3. The van der Waals surface area contributed by atoms with Crippen molar-refractivity contribution >= 4 is 44.9 Å². The molecule has 2 aromatic heterocycles. The first kappa shape index (κ1) is 25.5. The average Bonchev–Trinajstić information content (AvgIpc) is 2.89. The SMILES string of the molecule is CCOc1cc2nc(Cl)nc(N3CCC(n4c(=O)[nH]c(=O)c5cc([N+](=O)[O-])ccc54)CC3)c2cc1OCC. The minimum absolute atomic E-state index is 0.100. The number of nitro benzene ring substituents is 1. The number of fused-ring (bicyclic) bond motifs is 2. The van der Waals surface area contributed by atoms with Crippen molar-refractivity contribution in [1.82, 2.24) is 19.5 Å². The van der Waals surface area contributed by atoms with Gasteiger partial charge in [-0.2, -0.15) is 4.98 Å². The molecule has 3 heterocycles. The summed E-state index contributed by atoms with van der Waals surface area (Å²) in [5.74, 6) is 1.81. The van der Waals surface area contributed by atoms with Crippen LogP contribution < -0.4 is 25.6 Å². The fraction of sp³-hybridized carbons (Fsp3) is 0.360. The number of nitro groups is 1. The van der Waals surface area contributed by atoms with Crippen LogP contribution in [0.3, 0.4) is 0 Å². The number of nitrogens with one attached hydrogen (secondary N) is 1. The number of piperidine rings is 1. The summed E-state index contributed by atoms with van der Waals surface area (Å²) < 4.78 is 13.0. The van der Waals surface area contributed by atoms with Gasteiger partial charge < -0.3 is 14.4 Å². The molecule has 12 nitrogen and oxygen atoms in total. The van der Waals surface area contributed by atoms with Crippen molar-refractivity contribution in [2.24, 2.45) is 0 Å². The molecule has 5 rings (SSSR count). The Morgan fingerprint density at radius 1 is 1.05 bits per heavy atom. The van der Waals surface area contributed by atoms with E-state index in [0.29, 0.717) is 67.5 Å². The smallest absolute Gasteiger partial charge is 0.329 e. The molecule has 0 unspecified atom stereocenters. The zero-order valence-electron chi connectivity index (χ0n) is 20.8. The third-order valence-corrected chi connectivity index (χ3v) is 6.75. The highest BCUT2D eigenvalue weighted by molar-refractivity contribution is 6.28. The molecule has 1 N–H and O–H groups in total. The molecule has 13 heteroatoms. The number of non-ortho nitro benzene ring substituents is 1. The maximum absolute atomic E-state index is 12.8. The molecule has 0 saturated carbocycles. The third kappa shape index (κ3) is 4.62. The van der Waals surface area contributed by atoms with Crippen molar-refractivity contribution in [1.29, 1.82) is 0 Å². The van der Waals surface area contributed by atoms with E-state index in [1.54, 1.807) is 6.07 Å². The molecular weight excluding hydrogens is 516 g/mol. The fourth-order valence-corrected chi connectivity index (χ4v) is 5.10. The second-order valence-electron chi connectivity index (χ2n) is 8.80. The van der Waals surface area contributed by atoms with Gasteiger partial charge in [0.15, 0.2) is 11.5 Å². The van der Waals surface area contributed by atoms with Crippen LogP contribution in [0.1, 0.15) is 32.7 Å². The number of halogens is 1. The van der Waals surface area contributed by atoms with Crippen LogP contribution in [-0.2, 0) is 0 Å². The molecule has 1 saturated heterocycles. The van der Waals surface area contributed by atoms with E-state index in [1.807, 2.05) is 19.9 Å². The Bertz CT molecular complexity index is 1660. The molecule has 1 aliphatic heterocycles. The molecule has 0 amide bonds. The van der Waals surface area contributed by atoms with Gasteiger partial charge in [0.2, 0.25) is 5.28 Å². The molecule has 1 aliphatic rings. The molecule has 38 heavy (non-hydrogen) atoms. The minimum Gasteiger partial charge on any atom is -0.490 e. The van der Waals surface area contributed by atoms with Gasteiger partial charge in [-0.25, -0.2) is 9.78 Å². The topological polar surface area (TPSA) is 145 Å². The number of aromatic nitrogens is 4. The van der Waals surface area contributed by atoms with E-state index in [4.69, 9.17) is 21.1 Å². The van der Waals surface area contributed by atoms with Gasteiger partial charge in [0.1, 0.15) is 5.82 Å². The second kappa shape index (κ2) is 10.3. The summed E-state index contributed by atoms with van der Waals surface area (Å²) in [6.45, 7) is 5.81. The summed E-state index contributed by atoms with van der Waals surface area (Å²) in [6, 6.07) is 7.37. The summed E-state index contributed by atoms with van der Waals surface area (Å²) in [5.41, 5.74) is -0.424. The fourth-order valence-electron chi connectivity index (χ4n) is 4.93. The molecular formula is C25H25ClN6O6. The van der Waals surface area contributed by atoms with Crippen LogP contribution in [0.2, 0.25) is 5.28 Å². The Balaban J connectivity index is 1.49. The van der Waals surface area contributed by atoms with Gasteiger partial charge in [-0.15, -0.1) is 0 Å². The van der Waals surface area contributed by atoms with E-state index in [9.17, 15) is 19.7 Å². The highest BCUT2D eigenvalue weighted by atomic mass is 35.5. The zero-order valence-corrected chi connectivity index (χ0v) is 21.5. The lowest BCUT2D eigenvalue weighted by atomic mass is 10.0. The van der Waals surface area contributed by atoms with E-state index >= 15 is 0 Å². The summed E-state index contributed by atoms with van der Waals surface area (Å²) in [7, 11) is 0. The van der Waals surface area contributed by atoms with Gasteiger partial charge >= 0.3 is 5.69 Å². The molecule has 0 aliphatic carbocycles. The average molecular weight is 541 g/mol. The lowest BCUT2D eigenvalue weighted by Gasteiger charge is -2.34. The normalized spacial score (nSPS) is 14.2. The predicted octanol–water partition coefficient (Wildman–Crippen LogP) is 3.83. The van der Waals surface area contributed by atoms with Crippen molar-refractivity contribution < 1.29 is 14.4 Å². The number of nitrogens with zero attached hydrogens (tertiary/aromatic N) is 5. The Hall–Kier alpha value is -4.19. The first-order valence-corrected chi connectivity index (χ1v) is 12.6. The number of anilines is 1. The highest BCUT2D eigenvalue weighted by Crippen LogP contribution is 2.37. The number of benzene rings is 2. The van der Waals surface area contributed by atoms with Gasteiger partial charge in [0.25, 0.3) is 11.2 Å². The van der Waals surface area contributed by atoms with Crippen LogP contribution in [0.25, 0.3) is 21.8 Å². The number of H-pyrrole nitrogens is 1. The maximum atomic E-state index is 12.8. The van der Waals surface area contributed by atoms with Gasteiger partial charge in [0.05, 0.1) is 34.6 Å². The molecule has 198 valence electrons. The number of aromatic amines is 1. The number of rotatable bonds is 7. The van der Waals surface area contributed by atoms with Crippen molar-refractivity contribution in [2.45, 2.75) is 32.7 Å². The molecule has 2 aromatic carbocycles. The molecule has 4 aromatic rings. The van der Waals surface area contributed by atoms with Crippen molar-refractivity contribution in [2.75, 3.05) is 31.2 Å². The van der Waals surface area contributed by atoms with Gasteiger partial charge in [-0.1, -0.05) is 0 Å². The van der Waals surface area contributed by atoms with Crippen molar-refractivity contribution in [3.8, 4) is 11.5 Å². The number of hydrogen-bond acceptors (Lipinski definition) is 9. The first-order valence-electron chi connectivity index (χ1n) is 12.3. The van der Waals surface area contributed by atoms with E-state index in [0.717, 1.165) is 5.39 Å². The largest absolute Gasteiger partial charge is 0.490 e. The van der Waals surface area contributed by atoms with Gasteiger partial charge in [-0.05, 0) is 50.4 Å². The molecule has 0 atom stereocenters. The zero-order chi connectivity index (χ0) is 27.0.